The molecule has 2 aliphatic carbocycles. The molecule has 4 heterocycles. The second kappa shape index (κ2) is 16.1. The molecule has 79 heavy (non-hydrogen) atoms. The van der Waals surface area contributed by atoms with Gasteiger partial charge in [0, 0.05) is 95.6 Å². The minimum atomic E-state index is 0.252. The van der Waals surface area contributed by atoms with Gasteiger partial charge in [0.05, 0.1) is 28.5 Å². The molecule has 18 rings (SSSR count). The van der Waals surface area contributed by atoms with Gasteiger partial charge in [-0.2, -0.15) is 0 Å². The SMILES string of the molecule is CN1c2cc(-c3c4ccccc4c(-n4c5ccccc5c5ccccc54)c4ccccc34)ccc2-c2ccc3c4c(ccc1c24)Nc1cc(-c2c4ccccc4c(N4C5=C(CCC=C5)C5C=CC=CC54)c4ccccc24)ccc1-3. The van der Waals surface area contributed by atoms with E-state index < -0.39 is 0 Å². The van der Waals surface area contributed by atoms with Crippen LogP contribution >= 0.6 is 0 Å². The van der Waals surface area contributed by atoms with Gasteiger partial charge in [0.15, 0.2) is 0 Å². The molecule has 1 aromatic heterocycles. The normalized spacial score (nSPS) is 16.7. The maximum Gasteiger partial charge on any atom is 0.0626 e. The number of aromatic nitrogens is 1. The minimum absolute atomic E-state index is 0.252. The van der Waals surface area contributed by atoms with Crippen LogP contribution in [0.25, 0.3) is 126 Å². The van der Waals surface area contributed by atoms with Crippen molar-refractivity contribution in [2.24, 2.45) is 5.92 Å². The molecule has 12 aromatic carbocycles. The summed E-state index contributed by atoms with van der Waals surface area (Å²) >= 11 is 0. The number of nitrogens with one attached hydrogen (secondary N) is 1. The highest BCUT2D eigenvalue weighted by Crippen LogP contribution is 2.57. The first kappa shape index (κ1) is 43.2. The Morgan fingerprint density at radius 2 is 0.949 bits per heavy atom. The Morgan fingerprint density at radius 1 is 0.430 bits per heavy atom. The van der Waals surface area contributed by atoms with E-state index in [-0.39, 0.29) is 6.04 Å². The fraction of sp³-hybridized carbons (Fsp3) is 0.0667. The van der Waals surface area contributed by atoms with Gasteiger partial charge in [-0.15, -0.1) is 0 Å². The van der Waals surface area contributed by atoms with Crippen LogP contribution in [-0.2, 0) is 0 Å². The molecule has 0 amide bonds. The molecule has 0 saturated heterocycles. The molecule has 0 radical (unpaired) electrons. The number of fused-ring (bicyclic) bond motifs is 13. The van der Waals surface area contributed by atoms with Crippen molar-refractivity contribution in [1.82, 2.24) is 4.57 Å². The third-order valence-corrected chi connectivity index (χ3v) is 18.4. The van der Waals surface area contributed by atoms with E-state index in [1.807, 2.05) is 0 Å². The number of hydrogen-bond acceptors (Lipinski definition) is 3. The van der Waals surface area contributed by atoms with E-state index in [1.165, 1.54) is 149 Å². The van der Waals surface area contributed by atoms with Crippen molar-refractivity contribution < 1.29 is 0 Å². The van der Waals surface area contributed by atoms with E-state index in [9.17, 15) is 0 Å². The summed E-state index contributed by atoms with van der Waals surface area (Å²) < 4.78 is 2.50. The first-order chi connectivity index (χ1) is 39.2. The minimum Gasteiger partial charge on any atom is -0.354 e. The lowest BCUT2D eigenvalue weighted by Crippen LogP contribution is -2.32. The van der Waals surface area contributed by atoms with Gasteiger partial charge in [0.2, 0.25) is 0 Å². The molecule has 3 aliphatic heterocycles. The van der Waals surface area contributed by atoms with E-state index in [4.69, 9.17) is 0 Å². The molecule has 1 N–H and O–H groups in total. The van der Waals surface area contributed by atoms with Crippen LogP contribution in [-0.4, -0.2) is 17.7 Å². The smallest absolute Gasteiger partial charge is 0.0626 e. The lowest BCUT2D eigenvalue weighted by Gasteiger charge is -2.34. The Kier molecular flexibility index (Phi) is 8.80. The van der Waals surface area contributed by atoms with Gasteiger partial charge in [0.25, 0.3) is 0 Å². The third kappa shape index (κ3) is 5.82. The summed E-state index contributed by atoms with van der Waals surface area (Å²) in [7, 11) is 2.25. The Labute approximate surface area is 457 Å². The second-order valence-electron chi connectivity index (χ2n) is 22.2. The van der Waals surface area contributed by atoms with Crippen LogP contribution in [0.5, 0.6) is 0 Å². The van der Waals surface area contributed by atoms with Crippen molar-refractivity contribution in [3.63, 3.8) is 0 Å². The molecule has 370 valence electrons. The number of allylic oxidation sites excluding steroid dienone is 4. The average Bonchev–Trinajstić information content (AvgIpc) is 4.09. The predicted molar refractivity (Wildman–Crippen MR) is 335 cm³/mol. The quantitative estimate of drug-likeness (QED) is 0.178. The summed E-state index contributed by atoms with van der Waals surface area (Å²) in [6.45, 7) is 0. The summed E-state index contributed by atoms with van der Waals surface area (Å²) in [5.41, 5.74) is 22.5. The van der Waals surface area contributed by atoms with E-state index in [2.05, 4.69) is 269 Å². The first-order valence-electron chi connectivity index (χ1n) is 28.0. The van der Waals surface area contributed by atoms with Crippen LogP contribution in [0.1, 0.15) is 12.8 Å². The lowest BCUT2D eigenvalue weighted by atomic mass is 9.83. The average molecular weight is 1010 g/mol. The molecular formula is C75H50N4. The Bertz CT molecular complexity index is 4870. The van der Waals surface area contributed by atoms with Crippen molar-refractivity contribution in [3.05, 3.63) is 254 Å². The highest BCUT2D eigenvalue weighted by molar-refractivity contribution is 6.26. The molecule has 13 aromatic rings. The highest BCUT2D eigenvalue weighted by atomic mass is 15.2. The molecular weight excluding hydrogens is 957 g/mol. The fourth-order valence-electron chi connectivity index (χ4n) is 15.1. The molecule has 0 bridgehead atoms. The van der Waals surface area contributed by atoms with Gasteiger partial charge >= 0.3 is 0 Å². The number of anilines is 5. The zero-order chi connectivity index (χ0) is 51.6. The van der Waals surface area contributed by atoms with Crippen molar-refractivity contribution >= 4 is 104 Å². The van der Waals surface area contributed by atoms with Gasteiger partial charge in [-0.1, -0.05) is 200 Å². The van der Waals surface area contributed by atoms with E-state index in [0.717, 1.165) is 24.2 Å². The summed E-state index contributed by atoms with van der Waals surface area (Å²) in [6.07, 6.45) is 16.3. The van der Waals surface area contributed by atoms with Crippen molar-refractivity contribution in [1.29, 1.82) is 0 Å². The molecule has 2 unspecified atom stereocenters. The summed E-state index contributed by atoms with van der Waals surface area (Å²) in [6, 6.07) is 77.9. The van der Waals surface area contributed by atoms with Crippen LogP contribution in [0.4, 0.5) is 28.4 Å². The second-order valence-corrected chi connectivity index (χ2v) is 22.2. The number of para-hydroxylation sites is 2. The highest BCUT2D eigenvalue weighted by Gasteiger charge is 2.40. The third-order valence-electron chi connectivity index (χ3n) is 18.4. The molecule has 0 spiro atoms. The fourth-order valence-corrected chi connectivity index (χ4v) is 15.1. The predicted octanol–water partition coefficient (Wildman–Crippen LogP) is 19.9. The number of benzene rings is 12. The number of nitrogens with zero attached hydrogens (tertiary/aromatic N) is 3. The molecule has 0 fully saturated rings. The summed E-state index contributed by atoms with van der Waals surface area (Å²) in [5, 5.41) is 19.2. The van der Waals surface area contributed by atoms with Gasteiger partial charge in [-0.05, 0) is 116 Å². The van der Waals surface area contributed by atoms with E-state index in [1.54, 1.807) is 5.57 Å². The van der Waals surface area contributed by atoms with Crippen LogP contribution in [0.2, 0.25) is 0 Å². The van der Waals surface area contributed by atoms with E-state index >= 15 is 0 Å². The Morgan fingerprint density at radius 3 is 1.58 bits per heavy atom. The largest absolute Gasteiger partial charge is 0.354 e. The first-order valence-corrected chi connectivity index (χ1v) is 28.0. The van der Waals surface area contributed by atoms with Crippen LogP contribution < -0.4 is 15.1 Å². The van der Waals surface area contributed by atoms with Gasteiger partial charge < -0.3 is 19.7 Å². The van der Waals surface area contributed by atoms with Crippen molar-refractivity contribution in [2.75, 3.05) is 22.2 Å². The van der Waals surface area contributed by atoms with Crippen LogP contribution in [0.15, 0.2) is 254 Å². The van der Waals surface area contributed by atoms with Crippen molar-refractivity contribution in [2.45, 2.75) is 18.9 Å². The maximum atomic E-state index is 4.01. The van der Waals surface area contributed by atoms with Gasteiger partial charge in [0.1, 0.15) is 0 Å². The molecule has 0 saturated carbocycles. The topological polar surface area (TPSA) is 23.4 Å². The zero-order valence-electron chi connectivity index (χ0n) is 43.5. The summed E-state index contributed by atoms with van der Waals surface area (Å²) in [5.74, 6) is 0.390. The molecule has 4 nitrogen and oxygen atoms in total. The Balaban J connectivity index is 0.768. The molecule has 2 atom stereocenters. The number of hydrogen-bond donors (Lipinski definition) is 1. The monoisotopic (exact) mass is 1010 g/mol. The standard InChI is InChI=1S/C75H50N4/c1-77-68-41-40-62-72-56(46-36-34-44(42-63(46)76-62)70-52-22-2-6-26-58(52)74(59-27-7-3-23-53(59)70)78-64-30-14-10-18-47(64)48-19-11-15-31-65(48)78)38-39-57(73(68)72)51-37-35-45(43-69(51)77)71-54-24-4-8-28-60(54)75(61-29-9-5-25-55(61)71)79-66-32-16-12-20-49(66)50-21-13-17-33-67(50)79/h2-10,12-18,20-43,47,64,76H,11,19H2,1H3. The van der Waals surface area contributed by atoms with E-state index in [0.29, 0.717) is 5.92 Å². The zero-order valence-corrected chi connectivity index (χ0v) is 43.5. The molecule has 4 heteroatoms. The van der Waals surface area contributed by atoms with Crippen molar-refractivity contribution in [3.8, 4) is 50.2 Å². The van der Waals surface area contributed by atoms with Gasteiger partial charge in [-0.3, -0.25) is 0 Å². The van der Waals surface area contributed by atoms with Gasteiger partial charge in [-0.25, -0.2) is 0 Å². The van der Waals surface area contributed by atoms with Crippen LogP contribution in [0, 0.1) is 5.92 Å². The van der Waals surface area contributed by atoms with Crippen LogP contribution in [0.3, 0.4) is 0 Å². The maximum absolute atomic E-state index is 4.01. The molecule has 5 aliphatic rings. The lowest BCUT2D eigenvalue weighted by molar-refractivity contribution is 0.660. The number of rotatable bonds is 4. The Hall–Kier alpha value is -9.90. The summed E-state index contributed by atoms with van der Waals surface area (Å²) in [4.78, 5) is 5.09.